The van der Waals surface area contributed by atoms with Crippen LogP contribution in [0, 0.1) is 0 Å². The van der Waals surface area contributed by atoms with E-state index in [2.05, 4.69) is 0 Å². The fourth-order valence-corrected chi connectivity index (χ4v) is 4.70. The topological polar surface area (TPSA) is 184 Å². The maximum atomic E-state index is 10.6. The second kappa shape index (κ2) is 9.75. The fourth-order valence-electron chi connectivity index (χ4n) is 3.52. The molecule has 8 N–H and O–H groups in total. The van der Waals surface area contributed by atoms with Crippen molar-refractivity contribution in [2.24, 2.45) is 5.73 Å². The molecule has 29 heavy (non-hydrogen) atoms. The molecule has 0 aliphatic carbocycles. The molecule has 0 saturated carbocycles. The number of nitrogens with two attached hydrogens (primary N) is 1. The summed E-state index contributed by atoms with van der Waals surface area (Å²) >= 11 is 1.23. The minimum absolute atomic E-state index is 0.0881. The second-order valence-corrected chi connectivity index (χ2v) is 8.29. The van der Waals surface area contributed by atoms with Gasteiger partial charge in [-0.15, -0.1) is 11.8 Å². The monoisotopic (exact) mass is 439 g/mol. The molecule has 3 rings (SSSR count). The van der Waals surface area contributed by atoms with Gasteiger partial charge in [0.05, 0.1) is 36.6 Å². The smallest absolute Gasteiger partial charge is 0.222 e. The van der Waals surface area contributed by atoms with Gasteiger partial charge in [0.25, 0.3) is 0 Å². The van der Waals surface area contributed by atoms with Gasteiger partial charge in [0.1, 0.15) is 36.3 Å². The van der Waals surface area contributed by atoms with Crippen LogP contribution in [0.3, 0.4) is 0 Å². The highest BCUT2D eigenvalue weighted by Crippen LogP contribution is 2.47. The fraction of sp³-hybridized carbons (Fsp3) is 0.882. The molecule has 1 fully saturated rings. The van der Waals surface area contributed by atoms with Crippen LogP contribution in [0.15, 0.2) is 10.7 Å². The Kier molecular flexibility index (Phi) is 7.78. The van der Waals surface area contributed by atoms with E-state index in [1.54, 1.807) is 0 Å². The van der Waals surface area contributed by atoms with E-state index < -0.39 is 61.9 Å². The predicted molar refractivity (Wildman–Crippen MR) is 99.3 cm³/mol. The van der Waals surface area contributed by atoms with Crippen LogP contribution in [0.2, 0.25) is 0 Å². The van der Waals surface area contributed by atoms with Gasteiger partial charge in [0.2, 0.25) is 5.79 Å². The molecule has 0 radical (unpaired) electrons. The number of rotatable bonds is 7. The van der Waals surface area contributed by atoms with Gasteiger partial charge in [-0.3, -0.25) is 0 Å². The third-order valence-electron chi connectivity index (χ3n) is 5.09. The summed E-state index contributed by atoms with van der Waals surface area (Å²) < 4.78 is 23.1. The lowest BCUT2D eigenvalue weighted by Crippen LogP contribution is -2.62. The summed E-state index contributed by atoms with van der Waals surface area (Å²) in [5, 5.41) is 59.7. The Labute approximate surface area is 172 Å². The Hall–Kier alpha value is -0.510. The number of hydrogen-bond donors (Lipinski definition) is 7. The Bertz CT molecular complexity index is 595. The third-order valence-corrected chi connectivity index (χ3v) is 6.37. The van der Waals surface area contributed by atoms with Crippen LogP contribution in [0.5, 0.6) is 0 Å². The first-order valence-corrected chi connectivity index (χ1v) is 10.5. The number of thioether (sulfide) groups is 1. The Morgan fingerprint density at radius 2 is 2.03 bits per heavy atom. The maximum Gasteiger partial charge on any atom is 0.222 e. The number of aliphatic hydroxyl groups is 6. The van der Waals surface area contributed by atoms with Gasteiger partial charge in [0.15, 0.2) is 6.29 Å². The van der Waals surface area contributed by atoms with Crippen LogP contribution in [0.4, 0.5) is 0 Å². The lowest BCUT2D eigenvalue weighted by molar-refractivity contribution is -0.320. The maximum absolute atomic E-state index is 10.6. The lowest BCUT2D eigenvalue weighted by Gasteiger charge is -2.50. The van der Waals surface area contributed by atoms with Crippen molar-refractivity contribution < 1.29 is 49.6 Å². The average molecular weight is 439 g/mol. The molecule has 1 saturated heterocycles. The van der Waals surface area contributed by atoms with Crippen molar-refractivity contribution in [3.05, 3.63) is 10.7 Å². The summed E-state index contributed by atoms with van der Waals surface area (Å²) in [6.45, 7) is -0.417. The zero-order valence-electron chi connectivity index (χ0n) is 15.8. The Morgan fingerprint density at radius 3 is 2.69 bits per heavy atom. The molecular weight excluding hydrogens is 410 g/mol. The molecule has 3 aliphatic rings. The zero-order chi connectivity index (χ0) is 21.2. The highest BCUT2D eigenvalue weighted by Gasteiger charge is 2.54. The summed E-state index contributed by atoms with van der Waals surface area (Å²) in [5.74, 6) is -1.21. The molecular formula is C17H29NO10S. The highest BCUT2D eigenvalue weighted by molar-refractivity contribution is 8.03. The Balaban J connectivity index is 1.84. The van der Waals surface area contributed by atoms with E-state index in [1.807, 2.05) is 0 Å². The summed E-state index contributed by atoms with van der Waals surface area (Å²) in [7, 11) is 0. The zero-order valence-corrected chi connectivity index (χ0v) is 16.6. The molecule has 3 heterocycles. The predicted octanol–water partition coefficient (Wildman–Crippen LogP) is -3.03. The van der Waals surface area contributed by atoms with E-state index >= 15 is 0 Å². The van der Waals surface area contributed by atoms with Gasteiger partial charge in [-0.2, -0.15) is 0 Å². The third kappa shape index (κ3) is 4.72. The molecule has 11 nitrogen and oxygen atoms in total. The minimum atomic E-state index is -1.46. The van der Waals surface area contributed by atoms with Crippen molar-refractivity contribution in [3.8, 4) is 0 Å². The van der Waals surface area contributed by atoms with Crippen LogP contribution in [0.25, 0.3) is 0 Å². The molecule has 168 valence electrons. The standard InChI is InChI=1S/C17H29NO10S/c18-2-1-3-25-16-15-14(12(24)10(6-20)26-16)28-17(7-29-15)4-8(21)11(23)13(27-17)9(22)5-19/h8-13,16,19-24H,1-7,18H2/t8?,9-,10?,11?,12?,13-,16?,17+/m1/s1. The van der Waals surface area contributed by atoms with Gasteiger partial charge in [0, 0.05) is 6.42 Å². The quantitative estimate of drug-likeness (QED) is 0.199. The first kappa shape index (κ1) is 23.2. The van der Waals surface area contributed by atoms with Crippen molar-refractivity contribution in [2.45, 2.75) is 61.5 Å². The molecule has 0 aromatic rings. The number of aliphatic hydroxyl groups excluding tert-OH is 6. The van der Waals surface area contributed by atoms with E-state index in [9.17, 15) is 30.6 Å². The van der Waals surface area contributed by atoms with Crippen molar-refractivity contribution in [3.63, 3.8) is 0 Å². The van der Waals surface area contributed by atoms with Crippen molar-refractivity contribution >= 4 is 11.8 Å². The van der Waals surface area contributed by atoms with Crippen LogP contribution < -0.4 is 5.73 Å². The van der Waals surface area contributed by atoms with Gasteiger partial charge in [-0.05, 0) is 13.0 Å². The van der Waals surface area contributed by atoms with Crippen molar-refractivity contribution in [1.82, 2.24) is 0 Å². The van der Waals surface area contributed by atoms with Crippen LogP contribution in [0.1, 0.15) is 12.8 Å². The van der Waals surface area contributed by atoms with Crippen molar-refractivity contribution in [2.75, 3.05) is 32.1 Å². The molecule has 1 spiro atoms. The summed E-state index contributed by atoms with van der Waals surface area (Å²) in [4.78, 5) is 0.480. The second-order valence-electron chi connectivity index (χ2n) is 7.27. The average Bonchev–Trinajstić information content (AvgIpc) is 2.72. The van der Waals surface area contributed by atoms with E-state index in [0.717, 1.165) is 0 Å². The van der Waals surface area contributed by atoms with Crippen molar-refractivity contribution in [1.29, 1.82) is 0 Å². The van der Waals surface area contributed by atoms with Crippen LogP contribution >= 0.6 is 11.8 Å². The van der Waals surface area contributed by atoms with E-state index in [-0.39, 0.29) is 17.9 Å². The molecule has 3 aliphatic heterocycles. The molecule has 0 amide bonds. The SMILES string of the molecule is NCCCOC1OC(CO)C(O)C2=C1SC[C@]1(CC(O)C(O)[C@@H]([C@H](O)CO)O1)O2. The van der Waals surface area contributed by atoms with E-state index in [1.165, 1.54) is 11.8 Å². The molecule has 0 aromatic heterocycles. The first-order chi connectivity index (χ1) is 13.9. The van der Waals surface area contributed by atoms with Gasteiger partial charge in [-0.25, -0.2) is 0 Å². The van der Waals surface area contributed by atoms with E-state index in [0.29, 0.717) is 24.5 Å². The summed E-state index contributed by atoms with van der Waals surface area (Å²) in [6, 6.07) is 0. The first-order valence-electron chi connectivity index (χ1n) is 9.50. The Morgan fingerprint density at radius 1 is 1.28 bits per heavy atom. The normalized spacial score (nSPS) is 41.2. The largest absolute Gasteiger partial charge is 0.462 e. The van der Waals surface area contributed by atoms with E-state index in [4.69, 9.17) is 24.7 Å². The molecule has 0 aromatic carbocycles. The number of hydrogen-bond acceptors (Lipinski definition) is 12. The van der Waals surface area contributed by atoms with Gasteiger partial charge in [-0.1, -0.05) is 0 Å². The lowest BCUT2D eigenvalue weighted by atomic mass is 9.93. The van der Waals surface area contributed by atoms with Crippen LogP contribution in [-0.4, -0.2) is 111 Å². The minimum Gasteiger partial charge on any atom is -0.462 e. The van der Waals surface area contributed by atoms with Crippen LogP contribution in [-0.2, 0) is 18.9 Å². The van der Waals surface area contributed by atoms with Gasteiger partial charge >= 0.3 is 0 Å². The van der Waals surface area contributed by atoms with Gasteiger partial charge < -0.3 is 55.3 Å². The molecule has 12 heteroatoms. The number of ether oxygens (including phenoxy) is 4. The molecule has 8 atom stereocenters. The summed E-state index contributed by atoms with van der Waals surface area (Å²) in [6.07, 6.45) is -8.10. The summed E-state index contributed by atoms with van der Waals surface area (Å²) in [5.41, 5.74) is 5.48. The highest BCUT2D eigenvalue weighted by atomic mass is 32.2. The molecule has 0 bridgehead atoms. The molecule has 5 unspecified atom stereocenters.